The molecule has 3 rings (SSSR count). The van der Waals surface area contributed by atoms with Crippen LogP contribution in [0.4, 0.5) is 0 Å². The smallest absolute Gasteiger partial charge is 0.195 e. The van der Waals surface area contributed by atoms with Gasteiger partial charge in [0.25, 0.3) is 10.2 Å². The lowest BCUT2D eigenvalue weighted by Gasteiger charge is -2.44. The summed E-state index contributed by atoms with van der Waals surface area (Å²) in [6, 6.07) is -0.00510. The van der Waals surface area contributed by atoms with E-state index in [1.54, 1.807) is 8.61 Å². The van der Waals surface area contributed by atoms with Gasteiger partial charge >= 0.3 is 0 Å². The first-order valence-corrected chi connectivity index (χ1v) is 10.4. The molecule has 0 aromatic heterocycles. The second kappa shape index (κ2) is 6.73. The minimum absolute atomic E-state index is 0.00510. The molecule has 1 saturated carbocycles. The van der Waals surface area contributed by atoms with Crippen LogP contribution in [0, 0.1) is 11.8 Å². The predicted molar refractivity (Wildman–Crippen MR) is 85.6 cm³/mol. The van der Waals surface area contributed by atoms with Crippen molar-refractivity contribution in [2.45, 2.75) is 57.4 Å². The quantitative estimate of drug-likeness (QED) is 0.745. The fourth-order valence-corrected chi connectivity index (χ4v) is 6.69. The molecule has 1 aliphatic carbocycles. The number of piperidine rings is 2. The van der Waals surface area contributed by atoms with Crippen LogP contribution in [0.5, 0.6) is 0 Å². The molecule has 0 N–H and O–H groups in total. The van der Waals surface area contributed by atoms with Crippen LogP contribution in [-0.4, -0.2) is 48.6 Å². The van der Waals surface area contributed by atoms with E-state index in [1.165, 1.54) is 25.7 Å². The zero-order valence-electron chi connectivity index (χ0n) is 12.7. The van der Waals surface area contributed by atoms with Crippen LogP contribution in [-0.2, 0) is 10.2 Å². The summed E-state index contributed by atoms with van der Waals surface area (Å²) < 4.78 is 29.4. The highest BCUT2D eigenvalue weighted by molar-refractivity contribution is 7.86. The zero-order chi connectivity index (χ0) is 14.9. The predicted octanol–water partition coefficient (Wildman–Crippen LogP) is 2.84. The molecule has 3 fully saturated rings. The minimum atomic E-state index is -3.31. The van der Waals surface area contributed by atoms with Gasteiger partial charge in [0.05, 0.1) is 0 Å². The van der Waals surface area contributed by atoms with Gasteiger partial charge in [-0.3, -0.25) is 0 Å². The van der Waals surface area contributed by atoms with E-state index >= 15 is 0 Å². The van der Waals surface area contributed by atoms with Gasteiger partial charge in [0.15, 0.2) is 0 Å². The van der Waals surface area contributed by atoms with Crippen molar-refractivity contribution < 1.29 is 8.42 Å². The van der Waals surface area contributed by atoms with Crippen molar-refractivity contribution in [3.8, 4) is 0 Å². The molecule has 3 unspecified atom stereocenters. The maximum Gasteiger partial charge on any atom is 0.282 e. The normalized spacial score (nSPS) is 36.3. The summed E-state index contributed by atoms with van der Waals surface area (Å²) in [7, 11) is -3.31. The molecular formula is C15H27ClN2O2S. The Morgan fingerprint density at radius 3 is 2.38 bits per heavy atom. The third-order valence-electron chi connectivity index (χ3n) is 5.63. The second-order valence-corrected chi connectivity index (χ2v) is 9.06. The number of hydrogen-bond donors (Lipinski definition) is 0. The largest absolute Gasteiger partial charge is 0.282 e. The van der Waals surface area contributed by atoms with Crippen LogP contribution in [0.2, 0.25) is 0 Å². The SMILES string of the molecule is O=S(=O)(N1CCC2CCCCC2C1)N1CCCCC1CCl. The number of fused-ring (bicyclic) bond motifs is 1. The van der Waals surface area contributed by atoms with E-state index in [2.05, 4.69) is 0 Å². The van der Waals surface area contributed by atoms with Crippen LogP contribution in [0.15, 0.2) is 0 Å². The van der Waals surface area contributed by atoms with Crippen LogP contribution in [0.1, 0.15) is 51.4 Å². The fraction of sp³-hybridized carbons (Fsp3) is 1.00. The molecule has 2 saturated heterocycles. The topological polar surface area (TPSA) is 40.6 Å². The van der Waals surface area contributed by atoms with E-state index in [4.69, 9.17) is 11.6 Å². The average molecular weight is 335 g/mol. The minimum Gasteiger partial charge on any atom is -0.195 e. The van der Waals surface area contributed by atoms with Crippen molar-refractivity contribution in [3.63, 3.8) is 0 Å². The maximum atomic E-state index is 13.0. The standard InChI is InChI=1S/C15H27ClN2O2S/c16-11-15-7-3-4-9-18(15)21(19,20)17-10-8-13-5-1-2-6-14(13)12-17/h13-15H,1-12H2. The van der Waals surface area contributed by atoms with Gasteiger partial charge in [0.2, 0.25) is 0 Å². The molecule has 3 atom stereocenters. The molecular weight excluding hydrogens is 308 g/mol. The zero-order valence-corrected chi connectivity index (χ0v) is 14.3. The summed E-state index contributed by atoms with van der Waals surface area (Å²) in [4.78, 5) is 0. The number of hydrogen-bond acceptors (Lipinski definition) is 2. The highest BCUT2D eigenvalue weighted by atomic mass is 35.5. The van der Waals surface area contributed by atoms with Gasteiger partial charge in [-0.05, 0) is 37.5 Å². The summed E-state index contributed by atoms with van der Waals surface area (Å²) in [6.45, 7) is 2.08. The molecule has 0 spiro atoms. The van der Waals surface area contributed by atoms with Gasteiger partial charge in [-0.15, -0.1) is 11.6 Å². The first-order valence-electron chi connectivity index (χ1n) is 8.46. The lowest BCUT2D eigenvalue weighted by Crippen LogP contribution is -2.54. The third-order valence-corrected chi connectivity index (χ3v) is 8.04. The van der Waals surface area contributed by atoms with Crippen molar-refractivity contribution in [3.05, 3.63) is 0 Å². The van der Waals surface area contributed by atoms with Gasteiger partial charge in [-0.2, -0.15) is 17.0 Å². The van der Waals surface area contributed by atoms with Crippen molar-refractivity contribution in [1.29, 1.82) is 0 Å². The van der Waals surface area contributed by atoms with Crippen LogP contribution in [0.3, 0.4) is 0 Å². The van der Waals surface area contributed by atoms with Gasteiger partial charge in [-0.1, -0.05) is 25.7 Å². The van der Waals surface area contributed by atoms with Crippen LogP contribution in [0.25, 0.3) is 0 Å². The molecule has 21 heavy (non-hydrogen) atoms. The molecule has 3 aliphatic rings. The van der Waals surface area contributed by atoms with E-state index < -0.39 is 10.2 Å². The summed E-state index contributed by atoms with van der Waals surface area (Å²) in [5, 5.41) is 0. The summed E-state index contributed by atoms with van der Waals surface area (Å²) in [5.74, 6) is 1.76. The summed E-state index contributed by atoms with van der Waals surface area (Å²) in [5.41, 5.74) is 0. The maximum absolute atomic E-state index is 13.0. The first kappa shape index (κ1) is 16.0. The Hall–Kier alpha value is 0.160. The molecule has 4 nitrogen and oxygen atoms in total. The molecule has 122 valence electrons. The van der Waals surface area contributed by atoms with Gasteiger partial charge in [0.1, 0.15) is 0 Å². The molecule has 2 aliphatic heterocycles. The Morgan fingerprint density at radius 1 is 0.905 bits per heavy atom. The number of rotatable bonds is 3. The first-order chi connectivity index (χ1) is 10.1. The highest BCUT2D eigenvalue weighted by Gasteiger charge is 2.41. The second-order valence-electron chi connectivity index (χ2n) is 6.87. The molecule has 0 aromatic rings. The Kier molecular flexibility index (Phi) is 5.14. The van der Waals surface area contributed by atoms with Crippen molar-refractivity contribution >= 4 is 21.8 Å². The lowest BCUT2D eigenvalue weighted by molar-refractivity contribution is 0.127. The third kappa shape index (κ3) is 3.26. The van der Waals surface area contributed by atoms with E-state index in [0.29, 0.717) is 24.9 Å². The Morgan fingerprint density at radius 2 is 1.62 bits per heavy atom. The average Bonchev–Trinajstić information content (AvgIpc) is 2.54. The Balaban J connectivity index is 1.72. The monoisotopic (exact) mass is 334 g/mol. The molecule has 6 heteroatoms. The van der Waals surface area contributed by atoms with E-state index in [9.17, 15) is 8.42 Å². The number of halogens is 1. The Labute approximate surface area is 134 Å². The molecule has 0 radical (unpaired) electrons. The number of alkyl halides is 1. The van der Waals surface area contributed by atoms with Gasteiger partial charge in [-0.25, -0.2) is 0 Å². The van der Waals surface area contributed by atoms with Crippen molar-refractivity contribution in [2.24, 2.45) is 11.8 Å². The molecule has 0 bridgehead atoms. The summed E-state index contributed by atoms with van der Waals surface area (Å²) >= 11 is 6.01. The molecule has 0 amide bonds. The van der Waals surface area contributed by atoms with Crippen molar-refractivity contribution in [1.82, 2.24) is 8.61 Å². The molecule has 0 aromatic carbocycles. The Bertz CT molecular complexity index is 457. The van der Waals surface area contributed by atoms with Crippen molar-refractivity contribution in [2.75, 3.05) is 25.5 Å². The summed E-state index contributed by atoms with van der Waals surface area (Å²) in [6.07, 6.45) is 9.10. The lowest BCUT2D eigenvalue weighted by atomic mass is 9.76. The van der Waals surface area contributed by atoms with Gasteiger partial charge in [0, 0.05) is 31.6 Å². The van der Waals surface area contributed by atoms with E-state index in [0.717, 1.165) is 38.1 Å². The van der Waals surface area contributed by atoms with E-state index in [1.807, 2.05) is 0 Å². The van der Waals surface area contributed by atoms with E-state index in [-0.39, 0.29) is 6.04 Å². The molecule has 2 heterocycles. The highest BCUT2D eigenvalue weighted by Crippen LogP contribution is 2.37. The number of nitrogens with zero attached hydrogens (tertiary/aromatic N) is 2. The van der Waals surface area contributed by atoms with Gasteiger partial charge < -0.3 is 0 Å². The van der Waals surface area contributed by atoms with Crippen LogP contribution >= 0.6 is 11.6 Å². The van der Waals surface area contributed by atoms with Crippen LogP contribution < -0.4 is 0 Å². The fourth-order valence-electron chi connectivity index (χ4n) is 4.36.